The third-order valence-electron chi connectivity index (χ3n) is 4.36. The molecule has 0 saturated heterocycles. The Labute approximate surface area is 127 Å². The molecule has 1 aliphatic rings. The zero-order valence-electron chi connectivity index (χ0n) is 12.4. The van der Waals surface area contributed by atoms with Gasteiger partial charge in [0.15, 0.2) is 5.82 Å². The number of para-hydroxylation sites is 1. The highest BCUT2D eigenvalue weighted by Gasteiger charge is 2.39. The van der Waals surface area contributed by atoms with Gasteiger partial charge in [-0.15, -0.1) is 0 Å². The van der Waals surface area contributed by atoms with E-state index in [0.29, 0.717) is 11.7 Å². The molecule has 1 saturated carbocycles. The minimum atomic E-state index is -0.412. The summed E-state index contributed by atoms with van der Waals surface area (Å²) in [5, 5.41) is 8.49. The first kappa shape index (κ1) is 13.2. The van der Waals surface area contributed by atoms with E-state index in [1.54, 1.807) is 6.20 Å². The number of rotatable bonds is 3. The maximum absolute atomic E-state index is 6.24. The van der Waals surface area contributed by atoms with Crippen LogP contribution < -0.4 is 5.73 Å². The van der Waals surface area contributed by atoms with Crippen LogP contribution in [0.4, 0.5) is 0 Å². The lowest BCUT2D eigenvalue weighted by Gasteiger charge is -2.34. The fourth-order valence-corrected chi connectivity index (χ4v) is 2.77. The highest BCUT2D eigenvalue weighted by molar-refractivity contribution is 5.56. The highest BCUT2D eigenvalue weighted by Crippen LogP contribution is 2.37. The van der Waals surface area contributed by atoms with Crippen molar-refractivity contribution in [2.45, 2.75) is 31.7 Å². The molecule has 1 aliphatic carbocycles. The van der Waals surface area contributed by atoms with Crippen LogP contribution in [0.5, 0.6) is 0 Å². The first-order valence-corrected chi connectivity index (χ1v) is 7.41. The molecule has 0 atom stereocenters. The first-order valence-electron chi connectivity index (χ1n) is 7.41. The van der Waals surface area contributed by atoms with Gasteiger partial charge in [-0.25, -0.2) is 4.68 Å². The van der Waals surface area contributed by atoms with Gasteiger partial charge in [-0.2, -0.15) is 10.1 Å². The number of hydrogen-bond donors (Lipinski definition) is 1. The molecule has 1 aromatic carbocycles. The van der Waals surface area contributed by atoms with E-state index in [2.05, 4.69) is 15.2 Å². The number of benzene rings is 1. The molecule has 6 heteroatoms. The molecule has 3 aromatic rings. The Hall–Kier alpha value is -2.47. The lowest BCUT2D eigenvalue weighted by molar-refractivity contribution is 0.229. The molecule has 0 unspecified atom stereocenters. The van der Waals surface area contributed by atoms with Crippen LogP contribution in [0.25, 0.3) is 17.1 Å². The molecule has 4 rings (SSSR count). The minimum absolute atomic E-state index is 0.412. The maximum Gasteiger partial charge on any atom is 0.261 e. The second kappa shape index (κ2) is 4.78. The molecule has 0 bridgehead atoms. The van der Waals surface area contributed by atoms with Gasteiger partial charge >= 0.3 is 0 Å². The Bertz CT molecular complexity index is 801. The number of aromatic nitrogens is 4. The second-order valence-corrected chi connectivity index (χ2v) is 5.82. The molecular weight excluding hydrogens is 278 g/mol. The molecule has 0 spiro atoms. The maximum atomic E-state index is 6.24. The average Bonchev–Trinajstić information content (AvgIpc) is 3.12. The van der Waals surface area contributed by atoms with Crippen molar-refractivity contribution >= 4 is 0 Å². The largest absolute Gasteiger partial charge is 0.334 e. The lowest BCUT2D eigenvalue weighted by atomic mass is 9.77. The van der Waals surface area contributed by atoms with Gasteiger partial charge < -0.3 is 10.3 Å². The normalized spacial score (nSPS) is 16.5. The molecule has 0 aliphatic heterocycles. The van der Waals surface area contributed by atoms with Crippen molar-refractivity contribution in [3.8, 4) is 17.1 Å². The van der Waals surface area contributed by atoms with Gasteiger partial charge in [-0.05, 0) is 38.3 Å². The fourth-order valence-electron chi connectivity index (χ4n) is 2.77. The van der Waals surface area contributed by atoms with E-state index in [4.69, 9.17) is 10.3 Å². The van der Waals surface area contributed by atoms with Gasteiger partial charge in [0.1, 0.15) is 0 Å². The van der Waals surface area contributed by atoms with Crippen molar-refractivity contribution in [2.24, 2.45) is 5.73 Å². The predicted octanol–water partition coefficient (Wildman–Crippen LogP) is 2.57. The fraction of sp³-hybridized carbons (Fsp3) is 0.312. The van der Waals surface area contributed by atoms with Gasteiger partial charge in [0.2, 0.25) is 0 Å². The molecule has 22 heavy (non-hydrogen) atoms. The Kier molecular flexibility index (Phi) is 2.87. The van der Waals surface area contributed by atoms with Crippen molar-refractivity contribution in [1.82, 2.24) is 19.9 Å². The molecule has 1 fully saturated rings. The van der Waals surface area contributed by atoms with Crippen LogP contribution in [0.2, 0.25) is 0 Å². The topological polar surface area (TPSA) is 82.8 Å². The Morgan fingerprint density at radius 2 is 2.00 bits per heavy atom. The standard InChI is InChI=1S/C16H17N5O/c1-11-13(10-18-21(11)12-6-3-2-4-7-12)14-19-15(20-22-14)16(17)8-5-9-16/h2-4,6-7,10H,5,8-9,17H2,1H3. The van der Waals surface area contributed by atoms with Gasteiger partial charge in [-0.1, -0.05) is 23.4 Å². The Balaban J connectivity index is 1.71. The van der Waals surface area contributed by atoms with E-state index in [9.17, 15) is 0 Å². The molecule has 2 N–H and O–H groups in total. The molecule has 0 amide bonds. The van der Waals surface area contributed by atoms with Crippen molar-refractivity contribution in [3.63, 3.8) is 0 Å². The van der Waals surface area contributed by atoms with E-state index < -0.39 is 5.54 Å². The minimum Gasteiger partial charge on any atom is -0.334 e. The van der Waals surface area contributed by atoms with E-state index in [-0.39, 0.29) is 0 Å². The average molecular weight is 295 g/mol. The zero-order valence-corrected chi connectivity index (χ0v) is 12.4. The summed E-state index contributed by atoms with van der Waals surface area (Å²) in [6.45, 7) is 1.99. The van der Waals surface area contributed by atoms with Gasteiger partial charge in [-0.3, -0.25) is 0 Å². The van der Waals surface area contributed by atoms with Gasteiger partial charge in [0, 0.05) is 0 Å². The summed E-state index contributed by atoms with van der Waals surface area (Å²) in [6.07, 6.45) is 4.69. The van der Waals surface area contributed by atoms with Crippen LogP contribution in [0, 0.1) is 6.92 Å². The zero-order chi connectivity index (χ0) is 15.2. The number of nitrogens with zero attached hydrogens (tertiary/aromatic N) is 4. The van der Waals surface area contributed by atoms with Gasteiger partial charge in [0.05, 0.1) is 28.7 Å². The summed E-state index contributed by atoms with van der Waals surface area (Å²) in [5.74, 6) is 1.08. The van der Waals surface area contributed by atoms with Crippen molar-refractivity contribution in [1.29, 1.82) is 0 Å². The summed E-state index contributed by atoms with van der Waals surface area (Å²) in [4.78, 5) is 4.49. The van der Waals surface area contributed by atoms with Crippen molar-refractivity contribution in [2.75, 3.05) is 0 Å². The summed E-state index contributed by atoms with van der Waals surface area (Å²) < 4.78 is 7.27. The number of nitrogens with two attached hydrogens (primary N) is 1. The monoisotopic (exact) mass is 295 g/mol. The van der Waals surface area contributed by atoms with E-state index >= 15 is 0 Å². The van der Waals surface area contributed by atoms with E-state index in [0.717, 1.165) is 36.2 Å². The summed E-state index contributed by atoms with van der Waals surface area (Å²) in [7, 11) is 0. The summed E-state index contributed by atoms with van der Waals surface area (Å²) in [6, 6.07) is 9.96. The molecule has 2 aromatic heterocycles. The van der Waals surface area contributed by atoms with Crippen LogP contribution in [-0.4, -0.2) is 19.9 Å². The third-order valence-corrected chi connectivity index (χ3v) is 4.36. The summed E-state index contributed by atoms with van der Waals surface area (Å²) >= 11 is 0. The quantitative estimate of drug-likeness (QED) is 0.803. The molecule has 6 nitrogen and oxygen atoms in total. The summed E-state index contributed by atoms with van der Waals surface area (Å²) in [5.41, 5.74) is 8.63. The van der Waals surface area contributed by atoms with Crippen molar-refractivity contribution < 1.29 is 4.52 Å². The first-order chi connectivity index (χ1) is 10.7. The third kappa shape index (κ3) is 1.95. The van der Waals surface area contributed by atoms with Crippen LogP contribution in [0.1, 0.15) is 30.8 Å². The lowest BCUT2D eigenvalue weighted by Crippen LogP contribution is -2.44. The van der Waals surface area contributed by atoms with Crippen LogP contribution in [0.3, 0.4) is 0 Å². The number of hydrogen-bond acceptors (Lipinski definition) is 5. The second-order valence-electron chi connectivity index (χ2n) is 5.82. The highest BCUT2D eigenvalue weighted by atomic mass is 16.5. The van der Waals surface area contributed by atoms with Gasteiger partial charge in [0.25, 0.3) is 5.89 Å². The van der Waals surface area contributed by atoms with Crippen LogP contribution >= 0.6 is 0 Å². The molecule has 2 heterocycles. The SMILES string of the molecule is Cc1c(-c2nc(C3(N)CCC3)no2)cnn1-c1ccccc1. The Morgan fingerprint density at radius 3 is 2.68 bits per heavy atom. The molecule has 0 radical (unpaired) electrons. The molecular formula is C16H17N5O. The van der Waals surface area contributed by atoms with Crippen LogP contribution in [0.15, 0.2) is 41.1 Å². The van der Waals surface area contributed by atoms with E-state index in [1.807, 2.05) is 41.9 Å². The Morgan fingerprint density at radius 1 is 1.23 bits per heavy atom. The smallest absolute Gasteiger partial charge is 0.261 e. The molecule has 112 valence electrons. The van der Waals surface area contributed by atoms with Crippen molar-refractivity contribution in [3.05, 3.63) is 48.0 Å². The predicted molar refractivity (Wildman–Crippen MR) is 81.3 cm³/mol. The van der Waals surface area contributed by atoms with Crippen LogP contribution in [-0.2, 0) is 5.54 Å². The van der Waals surface area contributed by atoms with E-state index in [1.165, 1.54) is 0 Å².